The lowest BCUT2D eigenvalue weighted by atomic mass is 10.2. The van der Waals surface area contributed by atoms with Crippen LogP contribution in [0.2, 0.25) is 0 Å². The standard InChI is InChI=1S/C8H8N2.C8H8O2/c1-2-4-8-7(3-1)9-5-6-10-8;9-7-10-6-8-4-2-1-3-5-8/h1-5,10H,6H2;1-5,7H,6H2. The van der Waals surface area contributed by atoms with Crippen LogP contribution in [0.5, 0.6) is 0 Å². The van der Waals surface area contributed by atoms with Gasteiger partial charge in [0.2, 0.25) is 0 Å². The zero-order chi connectivity index (χ0) is 14.0. The molecule has 3 rings (SSSR count). The molecule has 0 bridgehead atoms. The quantitative estimate of drug-likeness (QED) is 0.870. The van der Waals surface area contributed by atoms with Gasteiger partial charge in [-0.05, 0) is 17.7 Å². The van der Waals surface area contributed by atoms with E-state index in [1.54, 1.807) is 0 Å². The second kappa shape index (κ2) is 7.74. The van der Waals surface area contributed by atoms with Gasteiger partial charge in [-0.3, -0.25) is 9.79 Å². The van der Waals surface area contributed by atoms with Crippen LogP contribution < -0.4 is 5.32 Å². The van der Waals surface area contributed by atoms with Crippen LogP contribution in [0.25, 0.3) is 0 Å². The Kier molecular flexibility index (Phi) is 5.34. The van der Waals surface area contributed by atoms with Gasteiger partial charge in [0.1, 0.15) is 6.61 Å². The summed E-state index contributed by atoms with van der Waals surface area (Å²) in [6.45, 7) is 1.66. The third-order valence-electron chi connectivity index (χ3n) is 2.68. The van der Waals surface area contributed by atoms with Gasteiger partial charge in [-0.15, -0.1) is 0 Å². The van der Waals surface area contributed by atoms with E-state index in [-0.39, 0.29) is 0 Å². The fraction of sp³-hybridized carbons (Fsp3) is 0.125. The van der Waals surface area contributed by atoms with Crippen molar-refractivity contribution in [1.29, 1.82) is 0 Å². The van der Waals surface area contributed by atoms with Crippen molar-refractivity contribution in [2.24, 2.45) is 4.99 Å². The highest BCUT2D eigenvalue weighted by Gasteiger charge is 2.00. The van der Waals surface area contributed by atoms with Crippen LogP contribution in [0.15, 0.2) is 59.6 Å². The molecule has 0 radical (unpaired) electrons. The molecular weight excluding hydrogens is 252 g/mol. The number of fused-ring (bicyclic) bond motifs is 1. The van der Waals surface area contributed by atoms with E-state index in [2.05, 4.69) is 15.0 Å². The number of rotatable bonds is 3. The molecule has 0 amide bonds. The predicted molar refractivity (Wildman–Crippen MR) is 80.4 cm³/mol. The number of carbonyl (C=O) groups excluding carboxylic acids is 1. The van der Waals surface area contributed by atoms with Gasteiger partial charge in [-0.2, -0.15) is 0 Å². The smallest absolute Gasteiger partial charge is 0.293 e. The number of carbonyl (C=O) groups is 1. The minimum Gasteiger partial charge on any atom is -0.463 e. The first-order chi connectivity index (χ1) is 9.90. The Bertz CT molecular complexity index is 568. The Hall–Kier alpha value is -2.62. The molecule has 0 saturated carbocycles. The van der Waals surface area contributed by atoms with Crippen LogP contribution in [-0.2, 0) is 16.1 Å². The zero-order valence-corrected chi connectivity index (χ0v) is 11.0. The average Bonchev–Trinajstić information content (AvgIpc) is 2.55. The van der Waals surface area contributed by atoms with Crippen LogP contribution in [0, 0.1) is 0 Å². The number of ether oxygens (including phenoxy) is 1. The molecule has 4 nitrogen and oxygen atoms in total. The summed E-state index contributed by atoms with van der Waals surface area (Å²) in [7, 11) is 0. The summed E-state index contributed by atoms with van der Waals surface area (Å²) in [5.74, 6) is 0. The van der Waals surface area contributed by atoms with E-state index in [1.807, 2.05) is 60.8 Å². The molecule has 2 aromatic carbocycles. The number of nitrogens with zero attached hydrogens (tertiary/aromatic N) is 1. The molecule has 4 heteroatoms. The van der Waals surface area contributed by atoms with Gasteiger partial charge in [-0.25, -0.2) is 0 Å². The molecule has 1 heterocycles. The van der Waals surface area contributed by atoms with Gasteiger partial charge in [0.25, 0.3) is 6.47 Å². The molecule has 0 unspecified atom stereocenters. The zero-order valence-electron chi connectivity index (χ0n) is 11.0. The Labute approximate surface area is 118 Å². The van der Waals surface area contributed by atoms with Gasteiger partial charge in [0.05, 0.1) is 17.9 Å². The van der Waals surface area contributed by atoms with Crippen LogP contribution in [0.4, 0.5) is 11.4 Å². The fourth-order valence-electron chi connectivity index (χ4n) is 1.74. The molecule has 0 fully saturated rings. The molecule has 0 spiro atoms. The molecule has 20 heavy (non-hydrogen) atoms. The number of para-hydroxylation sites is 2. The lowest BCUT2D eigenvalue weighted by Gasteiger charge is -2.10. The van der Waals surface area contributed by atoms with Crippen molar-refractivity contribution in [3.8, 4) is 0 Å². The van der Waals surface area contributed by atoms with Crippen LogP contribution in [0.3, 0.4) is 0 Å². The highest BCUT2D eigenvalue weighted by Crippen LogP contribution is 2.24. The maximum absolute atomic E-state index is 9.76. The summed E-state index contributed by atoms with van der Waals surface area (Å²) < 4.78 is 4.54. The first-order valence-electron chi connectivity index (χ1n) is 6.35. The third-order valence-corrected chi connectivity index (χ3v) is 2.68. The summed E-state index contributed by atoms with van der Waals surface area (Å²) >= 11 is 0. The minimum atomic E-state index is 0.365. The van der Waals surface area contributed by atoms with E-state index in [4.69, 9.17) is 0 Å². The first-order valence-corrected chi connectivity index (χ1v) is 6.35. The van der Waals surface area contributed by atoms with Crippen molar-refractivity contribution >= 4 is 24.1 Å². The number of hydrogen-bond donors (Lipinski definition) is 1. The van der Waals surface area contributed by atoms with Gasteiger partial charge >= 0.3 is 0 Å². The number of nitrogens with one attached hydrogen (secondary N) is 1. The lowest BCUT2D eigenvalue weighted by Crippen LogP contribution is -2.05. The van der Waals surface area contributed by atoms with Crippen molar-refractivity contribution < 1.29 is 9.53 Å². The number of anilines is 1. The first kappa shape index (κ1) is 13.8. The van der Waals surface area contributed by atoms with Crippen molar-refractivity contribution in [2.75, 3.05) is 11.9 Å². The number of aliphatic imine (C=N–C) groups is 1. The summed E-state index contributed by atoms with van der Waals surface area (Å²) in [6, 6.07) is 17.6. The summed E-state index contributed by atoms with van der Waals surface area (Å²) in [5, 5.41) is 3.21. The maximum Gasteiger partial charge on any atom is 0.293 e. The molecule has 1 N–H and O–H groups in total. The van der Waals surface area contributed by atoms with Crippen LogP contribution in [0.1, 0.15) is 5.56 Å². The Morgan fingerprint density at radius 2 is 1.85 bits per heavy atom. The highest BCUT2D eigenvalue weighted by atomic mass is 16.5. The lowest BCUT2D eigenvalue weighted by molar-refractivity contribution is -0.129. The van der Waals surface area contributed by atoms with E-state index < -0.39 is 0 Å². The SMILES string of the molecule is C1=Nc2ccccc2NC1.O=COCc1ccccc1. The van der Waals surface area contributed by atoms with Crippen molar-refractivity contribution in [1.82, 2.24) is 0 Å². The van der Waals surface area contributed by atoms with E-state index in [0.29, 0.717) is 13.1 Å². The molecule has 102 valence electrons. The predicted octanol–water partition coefficient (Wildman–Crippen LogP) is 3.17. The maximum atomic E-state index is 9.76. The van der Waals surface area contributed by atoms with Gasteiger partial charge < -0.3 is 10.1 Å². The van der Waals surface area contributed by atoms with Crippen molar-refractivity contribution in [2.45, 2.75) is 6.61 Å². The molecule has 0 saturated heterocycles. The largest absolute Gasteiger partial charge is 0.463 e. The Morgan fingerprint density at radius 1 is 1.10 bits per heavy atom. The van der Waals surface area contributed by atoms with E-state index >= 15 is 0 Å². The second-order valence-electron chi connectivity index (χ2n) is 4.10. The van der Waals surface area contributed by atoms with Gasteiger partial charge in [0, 0.05) is 6.21 Å². The Morgan fingerprint density at radius 3 is 2.60 bits per heavy atom. The molecule has 1 aliphatic heterocycles. The Balaban J connectivity index is 0.000000147. The minimum absolute atomic E-state index is 0.365. The summed E-state index contributed by atoms with van der Waals surface area (Å²) in [4.78, 5) is 14.0. The second-order valence-corrected chi connectivity index (χ2v) is 4.10. The van der Waals surface area contributed by atoms with Crippen LogP contribution >= 0.6 is 0 Å². The van der Waals surface area contributed by atoms with E-state index in [1.165, 1.54) is 0 Å². The number of hydrogen-bond acceptors (Lipinski definition) is 4. The van der Waals surface area contributed by atoms with Crippen molar-refractivity contribution in [3.05, 3.63) is 60.2 Å². The van der Waals surface area contributed by atoms with Gasteiger partial charge in [0.15, 0.2) is 0 Å². The topological polar surface area (TPSA) is 50.7 Å². The van der Waals surface area contributed by atoms with E-state index in [9.17, 15) is 4.79 Å². The summed E-state index contributed by atoms with van der Waals surface area (Å²) in [5.41, 5.74) is 3.17. The molecule has 0 atom stereocenters. The average molecular weight is 268 g/mol. The van der Waals surface area contributed by atoms with Crippen LogP contribution in [-0.4, -0.2) is 19.2 Å². The van der Waals surface area contributed by atoms with Gasteiger partial charge in [-0.1, -0.05) is 42.5 Å². The molecule has 2 aromatic rings. The summed E-state index contributed by atoms with van der Waals surface area (Å²) in [6.07, 6.45) is 1.88. The molecule has 0 aliphatic carbocycles. The van der Waals surface area contributed by atoms with Crippen molar-refractivity contribution in [3.63, 3.8) is 0 Å². The monoisotopic (exact) mass is 268 g/mol. The van der Waals surface area contributed by atoms with E-state index in [0.717, 1.165) is 23.5 Å². The normalized spacial score (nSPS) is 11.4. The molecular formula is C16H16N2O2. The number of benzene rings is 2. The third kappa shape index (κ3) is 4.24. The molecule has 0 aromatic heterocycles. The molecule has 1 aliphatic rings. The highest BCUT2D eigenvalue weighted by molar-refractivity contribution is 5.80. The fourth-order valence-corrected chi connectivity index (χ4v) is 1.74.